The normalized spacial score (nSPS) is 13.2. The summed E-state index contributed by atoms with van der Waals surface area (Å²) in [5.41, 5.74) is -0.491. The molecule has 0 aliphatic carbocycles. The molecule has 0 aliphatic rings. The first-order valence-electron chi connectivity index (χ1n) is 4.00. The van der Waals surface area contributed by atoms with Crippen LogP contribution < -0.4 is 0 Å². The zero-order valence-electron chi connectivity index (χ0n) is 8.05. The first-order chi connectivity index (χ1) is 5.40. The lowest BCUT2D eigenvalue weighted by molar-refractivity contribution is -0.155. The molecule has 0 aromatic carbocycles. The van der Waals surface area contributed by atoms with E-state index in [0.29, 0.717) is 6.42 Å². The number of carbonyl (C=O) groups excluding carboxylic acids is 1. The summed E-state index contributed by atoms with van der Waals surface area (Å²) in [5, 5.41) is 0. The van der Waals surface area contributed by atoms with Crippen molar-refractivity contribution in [1.29, 1.82) is 0 Å². The maximum Gasteiger partial charge on any atom is 0.390 e. The lowest BCUT2D eigenvalue weighted by atomic mass is 10.2. The van der Waals surface area contributed by atoms with E-state index in [1.807, 2.05) is 0 Å². The van der Waals surface area contributed by atoms with Crippen molar-refractivity contribution < 1.29 is 9.53 Å². The number of nitrogens with zero attached hydrogens (tertiary/aromatic N) is 1. The Kier molecular flexibility index (Phi) is 3.75. The summed E-state index contributed by atoms with van der Waals surface area (Å²) in [5.74, 6) is -0.417. The molecule has 0 saturated heterocycles. The predicted molar refractivity (Wildman–Crippen MR) is 46.5 cm³/mol. The van der Waals surface area contributed by atoms with Gasteiger partial charge in [-0.05, 0) is 20.8 Å². The molecule has 12 heavy (non-hydrogen) atoms. The van der Waals surface area contributed by atoms with E-state index in [-0.39, 0.29) is 0 Å². The van der Waals surface area contributed by atoms with Crippen molar-refractivity contribution >= 4 is 5.97 Å². The molecule has 0 saturated carbocycles. The van der Waals surface area contributed by atoms with E-state index in [9.17, 15) is 4.79 Å². The minimum atomic E-state index is -0.635. The quantitative estimate of drug-likeness (QED) is 0.467. The third kappa shape index (κ3) is 3.97. The maximum absolute atomic E-state index is 11.2. The highest BCUT2D eigenvalue weighted by Gasteiger charge is 2.27. The zero-order chi connectivity index (χ0) is 9.78. The molecule has 1 unspecified atom stereocenters. The number of carbonyl (C=O) groups is 1. The Morgan fingerprint density at radius 2 is 2.08 bits per heavy atom. The number of hydrogen-bond acceptors (Lipinski definition) is 2. The zero-order valence-corrected chi connectivity index (χ0v) is 8.05. The van der Waals surface area contributed by atoms with Gasteiger partial charge in [0.1, 0.15) is 5.60 Å². The van der Waals surface area contributed by atoms with E-state index >= 15 is 0 Å². The van der Waals surface area contributed by atoms with Crippen LogP contribution >= 0.6 is 0 Å². The smallest absolute Gasteiger partial charge is 0.390 e. The van der Waals surface area contributed by atoms with Gasteiger partial charge < -0.3 is 9.58 Å². The highest BCUT2D eigenvalue weighted by molar-refractivity contribution is 5.77. The van der Waals surface area contributed by atoms with Gasteiger partial charge in [0.2, 0.25) is 0 Å². The van der Waals surface area contributed by atoms with Crippen LogP contribution in [-0.4, -0.2) is 17.6 Å². The standard InChI is InChI=1S/C9H15NO2/c1-6-7(10-5)8(11)12-9(2,3)4/h7H,6H2,1-4H3. The van der Waals surface area contributed by atoms with E-state index in [1.165, 1.54) is 0 Å². The average Bonchev–Trinajstić information content (AvgIpc) is 1.85. The minimum Gasteiger partial charge on any atom is -0.454 e. The first-order valence-corrected chi connectivity index (χ1v) is 4.00. The van der Waals surface area contributed by atoms with Crippen molar-refractivity contribution in [3.63, 3.8) is 0 Å². The van der Waals surface area contributed by atoms with Gasteiger partial charge in [-0.3, -0.25) is 0 Å². The minimum absolute atomic E-state index is 0.417. The second-order valence-corrected chi connectivity index (χ2v) is 3.59. The molecule has 0 bridgehead atoms. The van der Waals surface area contributed by atoms with Gasteiger partial charge in [0.05, 0.1) is 0 Å². The lowest BCUT2D eigenvalue weighted by Crippen LogP contribution is -2.29. The monoisotopic (exact) mass is 169 g/mol. The molecule has 0 amide bonds. The molecule has 0 aromatic heterocycles. The Morgan fingerprint density at radius 3 is 2.33 bits per heavy atom. The Labute approximate surface area is 73.5 Å². The van der Waals surface area contributed by atoms with Crippen LogP contribution in [0.2, 0.25) is 0 Å². The molecule has 68 valence electrons. The fraction of sp³-hybridized carbons (Fsp3) is 0.778. The van der Waals surface area contributed by atoms with Crippen LogP contribution in [0.1, 0.15) is 34.1 Å². The molecule has 1 atom stereocenters. The summed E-state index contributed by atoms with van der Waals surface area (Å²) in [6.45, 7) is 13.9. The van der Waals surface area contributed by atoms with E-state index in [2.05, 4.69) is 4.85 Å². The SMILES string of the molecule is [C-]#[N+]C(CC)C(=O)OC(C)(C)C. The Morgan fingerprint density at radius 1 is 1.58 bits per heavy atom. The van der Waals surface area contributed by atoms with Gasteiger partial charge in [0.25, 0.3) is 0 Å². The van der Waals surface area contributed by atoms with E-state index in [4.69, 9.17) is 11.3 Å². The summed E-state index contributed by atoms with van der Waals surface area (Å²) >= 11 is 0. The molecule has 3 nitrogen and oxygen atoms in total. The molecule has 0 rings (SSSR count). The third-order valence-corrected chi connectivity index (χ3v) is 1.22. The fourth-order valence-electron chi connectivity index (χ4n) is 0.680. The van der Waals surface area contributed by atoms with Crippen LogP contribution in [-0.2, 0) is 9.53 Å². The molecule has 0 aromatic rings. The molecular weight excluding hydrogens is 154 g/mol. The summed E-state index contributed by atoms with van der Waals surface area (Å²) in [6.07, 6.45) is 0.512. The van der Waals surface area contributed by atoms with Crippen LogP contribution in [0.15, 0.2) is 0 Å². The van der Waals surface area contributed by atoms with Crippen LogP contribution in [0.3, 0.4) is 0 Å². The summed E-state index contributed by atoms with van der Waals surface area (Å²) in [6, 6.07) is -0.635. The van der Waals surface area contributed by atoms with Crippen molar-refractivity contribution in [2.45, 2.75) is 45.8 Å². The fourth-order valence-corrected chi connectivity index (χ4v) is 0.680. The number of esters is 1. The third-order valence-electron chi connectivity index (χ3n) is 1.22. The van der Waals surface area contributed by atoms with Gasteiger partial charge in [-0.2, -0.15) is 0 Å². The van der Waals surface area contributed by atoms with Crippen LogP contribution in [0, 0.1) is 6.57 Å². The molecule has 0 aliphatic heterocycles. The summed E-state index contributed by atoms with van der Waals surface area (Å²) in [7, 11) is 0. The van der Waals surface area contributed by atoms with Gasteiger partial charge in [0, 0.05) is 6.42 Å². The van der Waals surface area contributed by atoms with Gasteiger partial charge in [-0.1, -0.05) is 6.92 Å². The lowest BCUT2D eigenvalue weighted by Gasteiger charge is -2.19. The molecular formula is C9H15NO2. The maximum atomic E-state index is 11.2. The van der Waals surface area contributed by atoms with Gasteiger partial charge in [0.15, 0.2) is 0 Å². The van der Waals surface area contributed by atoms with Gasteiger partial charge >= 0.3 is 12.0 Å². The molecule has 3 heteroatoms. The summed E-state index contributed by atoms with van der Waals surface area (Å²) < 4.78 is 5.03. The average molecular weight is 169 g/mol. The predicted octanol–water partition coefficient (Wildman–Crippen LogP) is 2.03. The Bertz CT molecular complexity index is 198. The van der Waals surface area contributed by atoms with Crippen molar-refractivity contribution in [3.8, 4) is 0 Å². The van der Waals surface area contributed by atoms with E-state index in [0.717, 1.165) is 0 Å². The van der Waals surface area contributed by atoms with Crippen molar-refractivity contribution in [2.75, 3.05) is 0 Å². The summed E-state index contributed by atoms with van der Waals surface area (Å²) in [4.78, 5) is 14.4. The van der Waals surface area contributed by atoms with Crippen molar-refractivity contribution in [1.82, 2.24) is 0 Å². The van der Waals surface area contributed by atoms with E-state index in [1.54, 1.807) is 27.7 Å². The molecule has 0 heterocycles. The van der Waals surface area contributed by atoms with Gasteiger partial charge in [-0.15, -0.1) is 0 Å². The van der Waals surface area contributed by atoms with Crippen molar-refractivity contribution in [3.05, 3.63) is 11.4 Å². The molecule has 0 N–H and O–H groups in total. The Hall–Kier alpha value is -1.04. The highest BCUT2D eigenvalue weighted by Crippen LogP contribution is 2.10. The van der Waals surface area contributed by atoms with Crippen LogP contribution in [0.4, 0.5) is 0 Å². The molecule has 0 spiro atoms. The highest BCUT2D eigenvalue weighted by atomic mass is 16.6. The topological polar surface area (TPSA) is 30.7 Å². The number of hydrogen-bond donors (Lipinski definition) is 0. The molecule has 0 fully saturated rings. The number of rotatable bonds is 2. The van der Waals surface area contributed by atoms with Gasteiger partial charge in [-0.25, -0.2) is 11.4 Å². The van der Waals surface area contributed by atoms with E-state index < -0.39 is 17.6 Å². The number of ether oxygens (including phenoxy) is 1. The Balaban J connectivity index is 4.14. The largest absolute Gasteiger partial charge is 0.454 e. The van der Waals surface area contributed by atoms with Crippen LogP contribution in [0.5, 0.6) is 0 Å². The molecule has 0 radical (unpaired) electrons. The second-order valence-electron chi connectivity index (χ2n) is 3.59. The van der Waals surface area contributed by atoms with Crippen LogP contribution in [0.25, 0.3) is 4.85 Å². The van der Waals surface area contributed by atoms with Crippen molar-refractivity contribution in [2.24, 2.45) is 0 Å². The first kappa shape index (κ1) is 11.0. The second kappa shape index (κ2) is 4.10.